The van der Waals surface area contributed by atoms with E-state index in [4.69, 9.17) is 4.74 Å². The summed E-state index contributed by atoms with van der Waals surface area (Å²) in [6, 6.07) is 17.5. The number of anilines is 1. The molecule has 2 amide bonds. The van der Waals surface area contributed by atoms with Crippen LogP contribution in [0.4, 0.5) is 5.69 Å². The molecule has 1 N–H and O–H groups in total. The van der Waals surface area contributed by atoms with Crippen molar-refractivity contribution in [3.8, 4) is 5.75 Å². The maximum Gasteiger partial charge on any atom is 0.265 e. The van der Waals surface area contributed by atoms with Crippen LogP contribution in [-0.2, 0) is 26.2 Å². The van der Waals surface area contributed by atoms with Crippen LogP contribution in [-0.4, -0.2) is 51.9 Å². The standard InChI is InChI=1S/C27H31N3O5S/c1-4-22(27(32)28-2)29(18-19-13-15-21(35-3)16-14-19)25(31)12-7-17-30-23-10-5-8-20-9-6-11-24(26(20)23)36(30,33)34/h5-6,8-11,13-16,22H,4,7,12,17-18H2,1-3H3,(H,28,32)/t22-/m1/s1. The SMILES string of the molecule is CC[C@H](C(=O)NC)N(Cc1ccc(OC)cc1)C(=O)CCCN1c2cccc3cccc(c23)S1(=O)=O. The molecule has 0 aliphatic carbocycles. The Labute approximate surface area is 211 Å². The molecule has 0 aromatic heterocycles. The van der Waals surface area contributed by atoms with Crippen LogP contribution in [0.5, 0.6) is 5.75 Å². The summed E-state index contributed by atoms with van der Waals surface area (Å²) in [5, 5.41) is 4.24. The number of likely N-dealkylation sites (N-methyl/N-ethyl adjacent to an activating group) is 1. The fraction of sp³-hybridized carbons (Fsp3) is 0.333. The Morgan fingerprint density at radius 2 is 1.75 bits per heavy atom. The lowest BCUT2D eigenvalue weighted by Crippen LogP contribution is -2.48. The number of hydrogen-bond acceptors (Lipinski definition) is 5. The molecule has 0 fully saturated rings. The molecular formula is C27H31N3O5S. The topological polar surface area (TPSA) is 96.0 Å². The molecule has 0 saturated heterocycles. The van der Waals surface area contributed by atoms with Gasteiger partial charge in [0.2, 0.25) is 11.8 Å². The van der Waals surface area contributed by atoms with E-state index in [9.17, 15) is 18.0 Å². The van der Waals surface area contributed by atoms with Crippen LogP contribution in [0.25, 0.3) is 10.8 Å². The van der Waals surface area contributed by atoms with Crippen LogP contribution in [0.15, 0.2) is 65.6 Å². The van der Waals surface area contributed by atoms with Crippen LogP contribution in [0, 0.1) is 0 Å². The molecule has 3 aromatic rings. The lowest BCUT2D eigenvalue weighted by molar-refractivity contribution is -0.141. The minimum Gasteiger partial charge on any atom is -0.497 e. The average Bonchev–Trinajstić information content (AvgIpc) is 3.11. The van der Waals surface area contributed by atoms with Crippen molar-refractivity contribution < 1.29 is 22.7 Å². The molecule has 4 rings (SSSR count). The van der Waals surface area contributed by atoms with Gasteiger partial charge in [0.05, 0.1) is 17.7 Å². The highest BCUT2D eigenvalue weighted by Gasteiger charge is 2.35. The monoisotopic (exact) mass is 509 g/mol. The second-order valence-electron chi connectivity index (χ2n) is 8.72. The number of sulfonamides is 1. The van der Waals surface area contributed by atoms with Gasteiger partial charge in [0, 0.05) is 31.9 Å². The minimum atomic E-state index is -3.68. The predicted octanol–water partition coefficient (Wildman–Crippen LogP) is 3.69. The fourth-order valence-electron chi connectivity index (χ4n) is 4.73. The Morgan fingerprint density at radius 1 is 1.06 bits per heavy atom. The van der Waals surface area contributed by atoms with E-state index in [1.807, 2.05) is 49.4 Å². The molecular weight excluding hydrogens is 478 g/mol. The molecule has 1 aliphatic heterocycles. The van der Waals surface area contributed by atoms with Crippen molar-refractivity contribution in [1.82, 2.24) is 10.2 Å². The van der Waals surface area contributed by atoms with Gasteiger partial charge in [-0.2, -0.15) is 0 Å². The summed E-state index contributed by atoms with van der Waals surface area (Å²) < 4.78 is 33.0. The van der Waals surface area contributed by atoms with Gasteiger partial charge in [-0.1, -0.05) is 43.3 Å². The number of rotatable bonds is 10. The van der Waals surface area contributed by atoms with Crippen molar-refractivity contribution in [2.45, 2.75) is 43.7 Å². The number of hydrogen-bond donors (Lipinski definition) is 1. The molecule has 1 heterocycles. The first-order valence-electron chi connectivity index (χ1n) is 12.0. The Bertz CT molecular complexity index is 1370. The number of nitrogens with zero attached hydrogens (tertiary/aromatic N) is 2. The normalized spacial score (nSPS) is 14.5. The van der Waals surface area contributed by atoms with Crippen molar-refractivity contribution in [3.63, 3.8) is 0 Å². The first-order chi connectivity index (χ1) is 17.3. The number of benzene rings is 3. The summed E-state index contributed by atoms with van der Waals surface area (Å²) in [6.45, 7) is 2.30. The summed E-state index contributed by atoms with van der Waals surface area (Å²) >= 11 is 0. The third-order valence-corrected chi connectivity index (χ3v) is 8.43. The number of ether oxygens (including phenoxy) is 1. The van der Waals surface area contributed by atoms with Gasteiger partial charge >= 0.3 is 0 Å². The molecule has 0 unspecified atom stereocenters. The maximum absolute atomic E-state index is 13.4. The van der Waals surface area contributed by atoms with Gasteiger partial charge in [0.1, 0.15) is 11.8 Å². The Balaban J connectivity index is 1.51. The van der Waals surface area contributed by atoms with Crippen LogP contribution < -0.4 is 14.4 Å². The highest BCUT2D eigenvalue weighted by molar-refractivity contribution is 7.93. The summed E-state index contributed by atoms with van der Waals surface area (Å²) in [6.07, 6.45) is 0.896. The zero-order chi connectivity index (χ0) is 25.9. The molecule has 0 bridgehead atoms. The molecule has 0 spiro atoms. The van der Waals surface area contributed by atoms with Crippen molar-refractivity contribution in [1.29, 1.82) is 0 Å². The summed E-state index contributed by atoms with van der Waals surface area (Å²) in [5.74, 6) is 0.273. The number of amides is 2. The van der Waals surface area contributed by atoms with Crippen molar-refractivity contribution >= 4 is 38.3 Å². The highest BCUT2D eigenvalue weighted by Crippen LogP contribution is 2.42. The van der Waals surface area contributed by atoms with Crippen molar-refractivity contribution in [2.24, 2.45) is 0 Å². The molecule has 190 valence electrons. The van der Waals surface area contributed by atoms with E-state index in [2.05, 4.69) is 5.32 Å². The Hall–Kier alpha value is -3.59. The van der Waals surface area contributed by atoms with Crippen molar-refractivity contribution in [2.75, 3.05) is 25.0 Å². The van der Waals surface area contributed by atoms with E-state index in [0.717, 1.165) is 16.3 Å². The number of carbonyl (C=O) groups is 2. The van der Waals surface area contributed by atoms with Gasteiger partial charge in [-0.3, -0.25) is 13.9 Å². The first-order valence-corrected chi connectivity index (χ1v) is 13.4. The van der Waals surface area contributed by atoms with Crippen LogP contribution in [0.3, 0.4) is 0 Å². The maximum atomic E-state index is 13.4. The third kappa shape index (κ3) is 4.75. The summed E-state index contributed by atoms with van der Waals surface area (Å²) in [5.41, 5.74) is 1.51. The van der Waals surface area contributed by atoms with Gasteiger partial charge < -0.3 is 15.0 Å². The summed E-state index contributed by atoms with van der Waals surface area (Å²) in [7, 11) is -0.538. The third-order valence-electron chi connectivity index (χ3n) is 6.58. The molecule has 1 aliphatic rings. The first kappa shape index (κ1) is 25.5. The van der Waals surface area contributed by atoms with E-state index in [1.165, 1.54) is 4.31 Å². The second-order valence-corrected chi connectivity index (χ2v) is 10.6. The van der Waals surface area contributed by atoms with Crippen LogP contribution in [0.1, 0.15) is 31.7 Å². The van der Waals surface area contributed by atoms with E-state index in [-0.39, 0.29) is 31.3 Å². The number of nitrogens with one attached hydrogen (secondary N) is 1. The second kappa shape index (κ2) is 10.6. The van der Waals surface area contributed by atoms with Gasteiger partial charge in [0.15, 0.2) is 0 Å². The van der Waals surface area contributed by atoms with E-state index in [0.29, 0.717) is 29.2 Å². The van der Waals surface area contributed by atoms with Gasteiger partial charge in [0.25, 0.3) is 10.0 Å². The Kier molecular flexibility index (Phi) is 7.49. The minimum absolute atomic E-state index is 0.113. The number of carbonyl (C=O) groups excluding carboxylic acids is 2. The summed E-state index contributed by atoms with van der Waals surface area (Å²) in [4.78, 5) is 27.8. The molecule has 8 nitrogen and oxygen atoms in total. The van der Waals surface area contributed by atoms with E-state index in [1.54, 1.807) is 37.3 Å². The van der Waals surface area contributed by atoms with Crippen LogP contribution in [0.2, 0.25) is 0 Å². The van der Waals surface area contributed by atoms with Gasteiger partial charge in [-0.05, 0) is 48.1 Å². The van der Waals surface area contributed by atoms with Crippen molar-refractivity contribution in [3.05, 3.63) is 66.2 Å². The zero-order valence-corrected chi connectivity index (χ0v) is 21.5. The number of methoxy groups -OCH3 is 1. The predicted molar refractivity (Wildman–Crippen MR) is 139 cm³/mol. The lowest BCUT2D eigenvalue weighted by atomic mass is 10.1. The molecule has 0 radical (unpaired) electrons. The average molecular weight is 510 g/mol. The van der Waals surface area contributed by atoms with E-state index < -0.39 is 16.1 Å². The molecule has 36 heavy (non-hydrogen) atoms. The smallest absolute Gasteiger partial charge is 0.265 e. The van der Waals surface area contributed by atoms with Gasteiger partial charge in [-0.15, -0.1) is 0 Å². The zero-order valence-electron chi connectivity index (χ0n) is 20.7. The quantitative estimate of drug-likeness (QED) is 0.450. The van der Waals surface area contributed by atoms with E-state index >= 15 is 0 Å². The molecule has 0 saturated carbocycles. The van der Waals surface area contributed by atoms with Gasteiger partial charge in [-0.25, -0.2) is 8.42 Å². The molecule has 9 heteroatoms. The van der Waals surface area contributed by atoms with Crippen LogP contribution >= 0.6 is 0 Å². The largest absolute Gasteiger partial charge is 0.497 e. The molecule has 1 atom stereocenters. The lowest BCUT2D eigenvalue weighted by Gasteiger charge is -2.30. The molecule has 3 aromatic carbocycles. The Morgan fingerprint density at radius 3 is 2.39 bits per heavy atom. The fourth-order valence-corrected chi connectivity index (χ4v) is 6.48. The highest BCUT2D eigenvalue weighted by atomic mass is 32.2.